The third kappa shape index (κ3) is 2.91. The smallest absolute Gasteiger partial charge is 0.231 e. The number of carbonyl (C=O) groups is 1. The monoisotopic (exact) mass is 297 g/mol. The first kappa shape index (κ1) is 14.4. The van der Waals surface area contributed by atoms with Gasteiger partial charge in [0.15, 0.2) is 11.5 Å². The molecule has 1 aliphatic heterocycles. The molecule has 114 valence electrons. The van der Waals surface area contributed by atoms with Crippen molar-refractivity contribution in [2.45, 2.75) is 13.3 Å². The Labute approximate surface area is 130 Å². The maximum Gasteiger partial charge on any atom is 0.231 e. The van der Waals surface area contributed by atoms with Crippen molar-refractivity contribution in [2.24, 2.45) is 0 Å². The molecule has 1 aliphatic rings. The van der Waals surface area contributed by atoms with Crippen molar-refractivity contribution in [1.82, 2.24) is 0 Å². The molecule has 0 aromatic heterocycles. The molecule has 0 bridgehead atoms. The predicted octanol–water partition coefficient (Wildman–Crippen LogP) is 2.97. The molecule has 4 nitrogen and oxygen atoms in total. The fraction of sp³-hybridized carbons (Fsp3) is 0.278. The second kappa shape index (κ2) is 6.10. The number of hydrogen-bond acceptors (Lipinski definition) is 3. The molecule has 0 unspecified atom stereocenters. The van der Waals surface area contributed by atoms with Gasteiger partial charge >= 0.3 is 0 Å². The molecule has 0 atom stereocenters. The average molecular weight is 297 g/mol. The fourth-order valence-electron chi connectivity index (χ4n) is 2.50. The Balaban J connectivity index is 1.79. The largest absolute Gasteiger partial charge is 0.486 e. The van der Waals surface area contributed by atoms with Crippen LogP contribution in [0, 0.1) is 6.92 Å². The maximum atomic E-state index is 12.5. The summed E-state index contributed by atoms with van der Waals surface area (Å²) in [5.74, 6) is 1.53. The van der Waals surface area contributed by atoms with Gasteiger partial charge in [-0.15, -0.1) is 0 Å². The first-order valence-electron chi connectivity index (χ1n) is 7.36. The minimum absolute atomic E-state index is 0.0472. The molecule has 0 saturated heterocycles. The van der Waals surface area contributed by atoms with E-state index in [9.17, 15) is 4.79 Å². The quantitative estimate of drug-likeness (QED) is 0.874. The lowest BCUT2D eigenvalue weighted by Crippen LogP contribution is -2.28. The van der Waals surface area contributed by atoms with E-state index < -0.39 is 0 Å². The zero-order valence-electron chi connectivity index (χ0n) is 12.8. The number of hydrogen-bond donors (Lipinski definition) is 0. The zero-order chi connectivity index (χ0) is 15.5. The molecule has 0 aliphatic carbocycles. The van der Waals surface area contributed by atoms with Crippen LogP contribution in [-0.4, -0.2) is 26.2 Å². The Hall–Kier alpha value is -2.49. The molecular formula is C18H19NO3. The van der Waals surface area contributed by atoms with E-state index in [0.717, 1.165) is 28.3 Å². The summed E-state index contributed by atoms with van der Waals surface area (Å²) < 4.78 is 11.2. The Morgan fingerprint density at radius 3 is 2.41 bits per heavy atom. The lowest BCUT2D eigenvalue weighted by Gasteiger charge is -2.21. The van der Waals surface area contributed by atoms with Crippen molar-refractivity contribution in [3.8, 4) is 11.5 Å². The highest BCUT2D eigenvalue weighted by molar-refractivity contribution is 5.94. The topological polar surface area (TPSA) is 38.8 Å². The number of amides is 1. The van der Waals surface area contributed by atoms with Crippen molar-refractivity contribution in [2.75, 3.05) is 25.2 Å². The third-order valence-electron chi connectivity index (χ3n) is 3.86. The number of likely N-dealkylation sites (N-methyl/N-ethyl adjacent to an activating group) is 1. The second-order valence-corrected chi connectivity index (χ2v) is 5.39. The molecule has 3 rings (SSSR count). The second-order valence-electron chi connectivity index (χ2n) is 5.39. The summed E-state index contributed by atoms with van der Waals surface area (Å²) in [5, 5.41) is 0. The van der Waals surface area contributed by atoms with E-state index >= 15 is 0 Å². The molecule has 2 aromatic rings. The van der Waals surface area contributed by atoms with Gasteiger partial charge in [0.25, 0.3) is 0 Å². The van der Waals surface area contributed by atoms with E-state index in [1.165, 1.54) is 0 Å². The van der Waals surface area contributed by atoms with Gasteiger partial charge in [0.2, 0.25) is 5.91 Å². The van der Waals surface area contributed by atoms with Gasteiger partial charge in [0, 0.05) is 12.7 Å². The summed E-state index contributed by atoms with van der Waals surface area (Å²) in [7, 11) is 1.80. The number of anilines is 1. The Bertz CT molecular complexity index is 682. The highest BCUT2D eigenvalue weighted by Gasteiger charge is 2.17. The van der Waals surface area contributed by atoms with Gasteiger partial charge in [-0.2, -0.15) is 0 Å². The lowest BCUT2D eigenvalue weighted by molar-refractivity contribution is -0.117. The van der Waals surface area contributed by atoms with Crippen molar-refractivity contribution in [3.63, 3.8) is 0 Å². The highest BCUT2D eigenvalue weighted by Crippen LogP contribution is 2.33. The number of fused-ring (bicyclic) bond motifs is 1. The SMILES string of the molecule is Cc1cc2c(cc1CC(=O)N(C)c1ccccc1)OCCO2. The van der Waals surface area contributed by atoms with Gasteiger partial charge in [-0.25, -0.2) is 0 Å². The summed E-state index contributed by atoms with van der Waals surface area (Å²) in [6, 6.07) is 13.5. The van der Waals surface area contributed by atoms with Gasteiger partial charge in [-0.1, -0.05) is 18.2 Å². The summed E-state index contributed by atoms with van der Waals surface area (Å²) >= 11 is 0. The third-order valence-corrected chi connectivity index (χ3v) is 3.86. The number of nitrogens with zero attached hydrogens (tertiary/aromatic N) is 1. The summed E-state index contributed by atoms with van der Waals surface area (Å²) in [6.45, 7) is 3.11. The van der Waals surface area contributed by atoms with Crippen LogP contribution in [0.4, 0.5) is 5.69 Å². The van der Waals surface area contributed by atoms with Crippen LogP contribution in [0.25, 0.3) is 0 Å². The zero-order valence-corrected chi connectivity index (χ0v) is 12.8. The Morgan fingerprint density at radius 1 is 1.09 bits per heavy atom. The molecule has 0 N–H and O–H groups in total. The molecule has 22 heavy (non-hydrogen) atoms. The van der Waals surface area contributed by atoms with Crippen molar-refractivity contribution >= 4 is 11.6 Å². The first-order valence-corrected chi connectivity index (χ1v) is 7.36. The predicted molar refractivity (Wildman–Crippen MR) is 85.7 cm³/mol. The van der Waals surface area contributed by atoms with Gasteiger partial charge < -0.3 is 14.4 Å². The Morgan fingerprint density at radius 2 is 1.73 bits per heavy atom. The van der Waals surface area contributed by atoms with Crippen LogP contribution >= 0.6 is 0 Å². The normalized spacial score (nSPS) is 12.8. The minimum Gasteiger partial charge on any atom is -0.486 e. The minimum atomic E-state index is 0.0472. The average Bonchev–Trinajstić information content (AvgIpc) is 2.55. The summed E-state index contributed by atoms with van der Waals surface area (Å²) in [5.41, 5.74) is 2.90. The van der Waals surface area contributed by atoms with Gasteiger partial charge in [-0.05, 0) is 42.3 Å². The first-order chi connectivity index (χ1) is 10.6. The number of rotatable bonds is 3. The van der Waals surface area contributed by atoms with E-state index in [2.05, 4.69) is 0 Å². The standard InChI is InChI=1S/C18H19NO3/c1-13-10-16-17(22-9-8-21-16)11-14(13)12-18(20)19(2)15-6-4-3-5-7-15/h3-7,10-11H,8-9,12H2,1-2H3. The van der Waals surface area contributed by atoms with E-state index in [0.29, 0.717) is 19.6 Å². The lowest BCUT2D eigenvalue weighted by atomic mass is 10.0. The van der Waals surface area contributed by atoms with E-state index in [1.54, 1.807) is 11.9 Å². The maximum absolute atomic E-state index is 12.5. The van der Waals surface area contributed by atoms with E-state index in [-0.39, 0.29) is 5.91 Å². The van der Waals surface area contributed by atoms with Crippen LogP contribution in [0.3, 0.4) is 0 Å². The summed E-state index contributed by atoms with van der Waals surface area (Å²) in [6.07, 6.45) is 0.341. The van der Waals surface area contributed by atoms with Crippen LogP contribution in [0.5, 0.6) is 11.5 Å². The van der Waals surface area contributed by atoms with Gasteiger partial charge in [-0.3, -0.25) is 4.79 Å². The molecule has 1 amide bonds. The molecule has 4 heteroatoms. The Kier molecular flexibility index (Phi) is 4.00. The molecule has 1 heterocycles. The number of benzene rings is 2. The van der Waals surface area contributed by atoms with Crippen molar-refractivity contribution in [3.05, 3.63) is 53.6 Å². The van der Waals surface area contributed by atoms with Gasteiger partial charge in [0.1, 0.15) is 13.2 Å². The molecule has 2 aromatic carbocycles. The molecular weight excluding hydrogens is 278 g/mol. The van der Waals surface area contributed by atoms with Crippen LogP contribution in [-0.2, 0) is 11.2 Å². The fourth-order valence-corrected chi connectivity index (χ4v) is 2.50. The molecule has 0 fully saturated rings. The van der Waals surface area contributed by atoms with Gasteiger partial charge in [0.05, 0.1) is 6.42 Å². The number of carbonyl (C=O) groups excluding carboxylic acids is 1. The van der Waals surface area contributed by atoms with Crippen LogP contribution < -0.4 is 14.4 Å². The van der Waals surface area contributed by atoms with E-state index in [4.69, 9.17) is 9.47 Å². The molecule has 0 saturated carbocycles. The van der Waals surface area contributed by atoms with E-state index in [1.807, 2.05) is 49.4 Å². The van der Waals surface area contributed by atoms with Crippen LogP contribution in [0.2, 0.25) is 0 Å². The van der Waals surface area contributed by atoms with Crippen molar-refractivity contribution in [1.29, 1.82) is 0 Å². The van der Waals surface area contributed by atoms with Crippen molar-refractivity contribution < 1.29 is 14.3 Å². The molecule has 0 spiro atoms. The highest BCUT2D eigenvalue weighted by atomic mass is 16.6. The number of ether oxygens (including phenoxy) is 2. The van der Waals surface area contributed by atoms with Crippen LogP contribution in [0.1, 0.15) is 11.1 Å². The number of aryl methyl sites for hydroxylation is 1. The van der Waals surface area contributed by atoms with Crippen LogP contribution in [0.15, 0.2) is 42.5 Å². The summed E-state index contributed by atoms with van der Waals surface area (Å²) in [4.78, 5) is 14.2. The molecule has 0 radical (unpaired) electrons. The number of para-hydroxylation sites is 1.